The van der Waals surface area contributed by atoms with E-state index < -0.39 is 0 Å². The highest BCUT2D eigenvalue weighted by Crippen LogP contribution is 2.31. The van der Waals surface area contributed by atoms with Gasteiger partial charge in [0.05, 0.1) is 16.9 Å². The molecule has 0 atom stereocenters. The SMILES string of the molecule is Cc1ccc(-c2cc3c(SCc4nc(-c5cccc(Cl)c5)oc4C)nccn3n2)c(C)c1. The molecule has 32 heavy (non-hydrogen) atoms. The molecule has 2 aromatic carbocycles. The van der Waals surface area contributed by atoms with Gasteiger partial charge < -0.3 is 4.42 Å². The third-order valence-electron chi connectivity index (χ3n) is 5.32. The molecular formula is C25H21ClN4OS. The summed E-state index contributed by atoms with van der Waals surface area (Å²) in [5, 5.41) is 6.34. The van der Waals surface area contributed by atoms with Crippen LogP contribution in [-0.2, 0) is 5.75 Å². The molecule has 0 saturated heterocycles. The summed E-state index contributed by atoms with van der Waals surface area (Å²) >= 11 is 7.74. The van der Waals surface area contributed by atoms with Crippen molar-refractivity contribution in [1.82, 2.24) is 19.6 Å². The molecule has 0 amide bonds. The van der Waals surface area contributed by atoms with Crippen molar-refractivity contribution < 1.29 is 4.42 Å². The van der Waals surface area contributed by atoms with Gasteiger partial charge in [-0.25, -0.2) is 14.5 Å². The molecule has 3 heterocycles. The minimum absolute atomic E-state index is 0.577. The van der Waals surface area contributed by atoms with E-state index in [-0.39, 0.29) is 0 Å². The van der Waals surface area contributed by atoms with E-state index >= 15 is 0 Å². The number of hydrogen-bond acceptors (Lipinski definition) is 5. The molecule has 5 nitrogen and oxygen atoms in total. The highest BCUT2D eigenvalue weighted by molar-refractivity contribution is 7.98. The Kier molecular flexibility index (Phi) is 5.49. The van der Waals surface area contributed by atoms with E-state index in [0.717, 1.165) is 38.8 Å². The van der Waals surface area contributed by atoms with E-state index in [1.54, 1.807) is 18.0 Å². The van der Waals surface area contributed by atoms with E-state index in [1.807, 2.05) is 41.9 Å². The number of oxazole rings is 1. The summed E-state index contributed by atoms with van der Waals surface area (Å²) < 4.78 is 7.78. The first-order valence-electron chi connectivity index (χ1n) is 10.2. The summed E-state index contributed by atoms with van der Waals surface area (Å²) in [5.41, 5.74) is 7.26. The Morgan fingerprint density at radius 2 is 1.94 bits per heavy atom. The maximum absolute atomic E-state index is 6.11. The van der Waals surface area contributed by atoms with Crippen LogP contribution in [0.3, 0.4) is 0 Å². The van der Waals surface area contributed by atoms with E-state index in [0.29, 0.717) is 16.7 Å². The molecule has 0 fully saturated rings. The van der Waals surface area contributed by atoms with E-state index in [9.17, 15) is 0 Å². The van der Waals surface area contributed by atoms with Crippen molar-refractivity contribution in [2.75, 3.05) is 0 Å². The van der Waals surface area contributed by atoms with Crippen LogP contribution in [0, 0.1) is 20.8 Å². The number of benzene rings is 2. The van der Waals surface area contributed by atoms with Crippen LogP contribution in [0.15, 0.2) is 70.4 Å². The minimum Gasteiger partial charge on any atom is -0.441 e. The Labute approximate surface area is 195 Å². The predicted octanol–water partition coefficient (Wildman–Crippen LogP) is 6.92. The quantitative estimate of drug-likeness (QED) is 0.266. The van der Waals surface area contributed by atoms with Gasteiger partial charge in [0.25, 0.3) is 0 Å². The lowest BCUT2D eigenvalue weighted by atomic mass is 10.0. The van der Waals surface area contributed by atoms with Gasteiger partial charge in [-0.2, -0.15) is 5.10 Å². The van der Waals surface area contributed by atoms with Gasteiger partial charge in [0.1, 0.15) is 10.8 Å². The molecule has 0 aliphatic rings. The first-order chi connectivity index (χ1) is 15.5. The molecule has 5 rings (SSSR count). The second kappa shape index (κ2) is 8.45. The second-order valence-electron chi connectivity index (χ2n) is 7.73. The molecule has 0 aliphatic carbocycles. The van der Waals surface area contributed by atoms with Crippen LogP contribution in [0.25, 0.3) is 28.2 Å². The van der Waals surface area contributed by atoms with Crippen molar-refractivity contribution in [3.63, 3.8) is 0 Å². The third-order valence-corrected chi connectivity index (χ3v) is 6.56. The second-order valence-corrected chi connectivity index (χ2v) is 9.13. The molecule has 0 radical (unpaired) electrons. The van der Waals surface area contributed by atoms with Crippen LogP contribution in [0.4, 0.5) is 0 Å². The van der Waals surface area contributed by atoms with Crippen molar-refractivity contribution in [2.24, 2.45) is 0 Å². The maximum atomic E-state index is 6.11. The zero-order chi connectivity index (χ0) is 22.2. The first-order valence-corrected chi connectivity index (χ1v) is 11.6. The molecular weight excluding hydrogens is 440 g/mol. The van der Waals surface area contributed by atoms with Crippen LogP contribution >= 0.6 is 23.4 Å². The number of halogens is 1. The molecule has 7 heteroatoms. The summed E-state index contributed by atoms with van der Waals surface area (Å²) in [6.45, 7) is 6.15. The number of aryl methyl sites for hydroxylation is 3. The summed E-state index contributed by atoms with van der Waals surface area (Å²) in [6.07, 6.45) is 3.66. The Hall–Kier alpha value is -3.09. The molecule has 160 valence electrons. The van der Waals surface area contributed by atoms with E-state index in [1.165, 1.54) is 11.1 Å². The summed E-state index contributed by atoms with van der Waals surface area (Å²) in [5.74, 6) is 2.02. The van der Waals surface area contributed by atoms with E-state index in [4.69, 9.17) is 26.1 Å². The zero-order valence-corrected chi connectivity index (χ0v) is 19.5. The largest absolute Gasteiger partial charge is 0.441 e. The average molecular weight is 461 g/mol. The first kappa shape index (κ1) is 20.8. The fourth-order valence-electron chi connectivity index (χ4n) is 3.69. The Morgan fingerprint density at radius 1 is 1.06 bits per heavy atom. The number of hydrogen-bond donors (Lipinski definition) is 0. The lowest BCUT2D eigenvalue weighted by Gasteiger charge is -2.02. The number of rotatable bonds is 5. The lowest BCUT2D eigenvalue weighted by Crippen LogP contribution is -1.92. The average Bonchev–Trinajstić information content (AvgIpc) is 3.36. The maximum Gasteiger partial charge on any atom is 0.226 e. The minimum atomic E-state index is 0.577. The molecule has 5 aromatic rings. The molecule has 0 aliphatic heterocycles. The van der Waals surface area contributed by atoms with E-state index in [2.05, 4.69) is 43.1 Å². The molecule has 0 unspecified atom stereocenters. The molecule has 0 spiro atoms. The summed E-state index contributed by atoms with van der Waals surface area (Å²) in [6, 6.07) is 16.0. The molecule has 3 aromatic heterocycles. The summed E-state index contributed by atoms with van der Waals surface area (Å²) in [7, 11) is 0. The molecule has 0 N–H and O–H groups in total. The lowest BCUT2D eigenvalue weighted by molar-refractivity contribution is 0.540. The van der Waals surface area contributed by atoms with Crippen LogP contribution in [-0.4, -0.2) is 19.6 Å². The fourth-order valence-corrected chi connectivity index (χ4v) is 4.85. The van der Waals surface area contributed by atoms with Gasteiger partial charge in [-0.05, 0) is 50.6 Å². The third kappa shape index (κ3) is 4.04. The zero-order valence-electron chi connectivity index (χ0n) is 18.0. The topological polar surface area (TPSA) is 56.2 Å². The van der Waals surface area contributed by atoms with Crippen molar-refractivity contribution in [3.8, 4) is 22.7 Å². The van der Waals surface area contributed by atoms with Crippen LogP contribution in [0.1, 0.15) is 22.6 Å². The van der Waals surface area contributed by atoms with Gasteiger partial charge in [0.2, 0.25) is 5.89 Å². The Balaban J connectivity index is 1.42. The van der Waals surface area contributed by atoms with Crippen LogP contribution < -0.4 is 0 Å². The standard InChI is InChI=1S/C25H21ClN4OS/c1-15-7-8-20(16(2)11-15)21-13-23-25(27-9-10-30(23)29-21)32-14-22-17(3)31-24(28-22)18-5-4-6-19(26)12-18/h4-13H,14H2,1-3H3. The monoisotopic (exact) mass is 460 g/mol. The fraction of sp³-hybridized carbons (Fsp3) is 0.160. The number of fused-ring (bicyclic) bond motifs is 1. The molecule has 0 saturated carbocycles. The summed E-state index contributed by atoms with van der Waals surface area (Å²) in [4.78, 5) is 9.29. The smallest absolute Gasteiger partial charge is 0.226 e. The van der Waals surface area contributed by atoms with Gasteiger partial charge >= 0.3 is 0 Å². The normalized spacial score (nSPS) is 11.4. The Morgan fingerprint density at radius 3 is 2.75 bits per heavy atom. The Bertz CT molecular complexity index is 1440. The van der Waals surface area contributed by atoms with Crippen molar-refractivity contribution in [1.29, 1.82) is 0 Å². The van der Waals surface area contributed by atoms with Gasteiger partial charge in [-0.1, -0.05) is 53.2 Å². The predicted molar refractivity (Wildman–Crippen MR) is 129 cm³/mol. The molecule has 0 bridgehead atoms. The van der Waals surface area contributed by atoms with Gasteiger partial charge in [-0.3, -0.25) is 0 Å². The van der Waals surface area contributed by atoms with Crippen LogP contribution in [0.2, 0.25) is 5.02 Å². The van der Waals surface area contributed by atoms with Gasteiger partial charge in [0, 0.05) is 34.3 Å². The number of aromatic nitrogens is 4. The highest BCUT2D eigenvalue weighted by atomic mass is 35.5. The van der Waals surface area contributed by atoms with Gasteiger partial charge in [0.15, 0.2) is 0 Å². The van der Waals surface area contributed by atoms with Gasteiger partial charge in [-0.15, -0.1) is 0 Å². The van der Waals surface area contributed by atoms with Crippen molar-refractivity contribution >= 4 is 28.9 Å². The number of nitrogens with zero attached hydrogens (tertiary/aromatic N) is 4. The highest BCUT2D eigenvalue weighted by Gasteiger charge is 2.15. The van der Waals surface area contributed by atoms with Crippen LogP contribution in [0.5, 0.6) is 0 Å². The van der Waals surface area contributed by atoms with Crippen molar-refractivity contribution in [2.45, 2.75) is 31.6 Å². The van der Waals surface area contributed by atoms with Crippen molar-refractivity contribution in [3.05, 3.63) is 88.5 Å². The number of thioether (sulfide) groups is 1.